The van der Waals surface area contributed by atoms with E-state index in [0.717, 1.165) is 6.61 Å². The number of benzene rings is 4. The van der Waals surface area contributed by atoms with E-state index >= 15 is 0 Å². The molecule has 0 saturated carbocycles. The largest absolute Gasteiger partial charge is 0.361 e. The number of para-hydroxylation sites is 1. The van der Waals surface area contributed by atoms with Gasteiger partial charge >= 0.3 is 0 Å². The van der Waals surface area contributed by atoms with Crippen LogP contribution in [0.5, 0.6) is 0 Å². The van der Waals surface area contributed by atoms with Crippen molar-refractivity contribution in [1.82, 2.24) is 4.57 Å². The molecule has 5 rings (SSSR count). The van der Waals surface area contributed by atoms with E-state index in [9.17, 15) is 0 Å². The molecule has 0 N–H and O–H groups in total. The van der Waals surface area contributed by atoms with E-state index in [1.165, 1.54) is 55.0 Å². The van der Waals surface area contributed by atoms with Crippen LogP contribution in [0.15, 0.2) is 66.7 Å². The van der Waals surface area contributed by atoms with Crippen molar-refractivity contribution >= 4 is 51.4 Å². The third kappa shape index (κ3) is 3.13. The Morgan fingerprint density at radius 2 is 1.40 bits per heavy atom. The Kier molecular flexibility index (Phi) is 4.68. The normalized spacial score (nSPS) is 12.5. The Bertz CT molecular complexity index is 1390. The Balaban J connectivity index is 1.83. The van der Waals surface area contributed by atoms with Crippen LogP contribution in [-0.2, 0) is 11.5 Å². The summed E-state index contributed by atoms with van der Waals surface area (Å²) in [5.41, 5.74) is 3.87. The molecule has 0 atom stereocenters. The SMILES string of the molecule is Cc1cccc2c1c1ccccc1c1c2c2ccccc2n1COCC[Si](C)(C)C. The van der Waals surface area contributed by atoms with E-state index in [4.69, 9.17) is 4.74 Å². The topological polar surface area (TPSA) is 14.2 Å². The molecule has 152 valence electrons. The number of rotatable bonds is 5. The molecule has 0 aliphatic carbocycles. The Labute approximate surface area is 179 Å². The molecule has 0 spiro atoms. The first-order valence-corrected chi connectivity index (χ1v) is 14.6. The first-order chi connectivity index (χ1) is 14.5. The van der Waals surface area contributed by atoms with Crippen molar-refractivity contribution in [1.29, 1.82) is 0 Å². The van der Waals surface area contributed by atoms with Crippen LogP contribution in [0.1, 0.15) is 5.56 Å². The van der Waals surface area contributed by atoms with E-state index < -0.39 is 8.07 Å². The van der Waals surface area contributed by atoms with Crippen LogP contribution in [0.3, 0.4) is 0 Å². The summed E-state index contributed by atoms with van der Waals surface area (Å²) in [4.78, 5) is 0. The van der Waals surface area contributed by atoms with Gasteiger partial charge in [0.15, 0.2) is 0 Å². The number of aryl methyl sites for hydroxylation is 1. The third-order valence-electron chi connectivity index (χ3n) is 6.18. The number of hydrogen-bond acceptors (Lipinski definition) is 1. The van der Waals surface area contributed by atoms with Crippen molar-refractivity contribution < 1.29 is 4.74 Å². The summed E-state index contributed by atoms with van der Waals surface area (Å²) >= 11 is 0. The summed E-state index contributed by atoms with van der Waals surface area (Å²) in [6, 6.07) is 25.5. The molecule has 2 nitrogen and oxygen atoms in total. The zero-order valence-electron chi connectivity index (χ0n) is 18.3. The Morgan fingerprint density at radius 1 is 0.733 bits per heavy atom. The highest BCUT2D eigenvalue weighted by Gasteiger charge is 2.18. The molecule has 4 aromatic carbocycles. The quantitative estimate of drug-likeness (QED) is 0.164. The second-order valence-corrected chi connectivity index (χ2v) is 15.2. The lowest BCUT2D eigenvalue weighted by molar-refractivity contribution is 0.0930. The maximum atomic E-state index is 6.25. The van der Waals surface area contributed by atoms with Gasteiger partial charge in [-0.3, -0.25) is 0 Å². The van der Waals surface area contributed by atoms with Crippen LogP contribution in [0.4, 0.5) is 0 Å². The molecule has 0 radical (unpaired) electrons. The van der Waals surface area contributed by atoms with Gasteiger partial charge in [-0.1, -0.05) is 80.3 Å². The van der Waals surface area contributed by atoms with Crippen LogP contribution in [-0.4, -0.2) is 19.2 Å². The molecule has 1 heterocycles. The lowest BCUT2D eigenvalue weighted by Gasteiger charge is -2.17. The smallest absolute Gasteiger partial charge is 0.123 e. The zero-order chi connectivity index (χ0) is 20.9. The molecule has 3 heteroatoms. The second kappa shape index (κ2) is 7.26. The first-order valence-electron chi connectivity index (χ1n) is 10.8. The molecule has 0 aliphatic rings. The highest BCUT2D eigenvalue weighted by Crippen LogP contribution is 2.41. The third-order valence-corrected chi connectivity index (χ3v) is 7.89. The van der Waals surface area contributed by atoms with Gasteiger partial charge in [-0.05, 0) is 40.8 Å². The van der Waals surface area contributed by atoms with Gasteiger partial charge < -0.3 is 9.30 Å². The van der Waals surface area contributed by atoms with E-state index in [0.29, 0.717) is 6.73 Å². The van der Waals surface area contributed by atoms with Crippen LogP contribution in [0.25, 0.3) is 43.4 Å². The van der Waals surface area contributed by atoms with E-state index in [-0.39, 0.29) is 0 Å². The number of hydrogen-bond donors (Lipinski definition) is 0. The van der Waals surface area contributed by atoms with E-state index in [2.05, 4.69) is 97.9 Å². The molecule has 0 unspecified atom stereocenters. The van der Waals surface area contributed by atoms with Crippen molar-refractivity contribution in [3.05, 3.63) is 72.3 Å². The first kappa shape index (κ1) is 19.3. The van der Waals surface area contributed by atoms with Gasteiger partial charge in [-0.15, -0.1) is 0 Å². The number of fused-ring (bicyclic) bond motifs is 8. The predicted molar refractivity (Wildman–Crippen MR) is 133 cm³/mol. The summed E-state index contributed by atoms with van der Waals surface area (Å²) in [5.74, 6) is 0. The molecule has 0 fully saturated rings. The molecule has 0 aliphatic heterocycles. The minimum absolute atomic E-state index is 0.593. The average Bonchev–Trinajstić information content (AvgIpc) is 3.06. The van der Waals surface area contributed by atoms with Crippen LogP contribution < -0.4 is 0 Å². The minimum atomic E-state index is -1.11. The molecule has 30 heavy (non-hydrogen) atoms. The summed E-state index contributed by atoms with van der Waals surface area (Å²) in [5, 5.41) is 7.98. The number of nitrogens with zero attached hydrogens (tertiary/aromatic N) is 1. The van der Waals surface area contributed by atoms with Gasteiger partial charge in [0.2, 0.25) is 0 Å². The van der Waals surface area contributed by atoms with Crippen molar-refractivity contribution in [2.45, 2.75) is 39.3 Å². The minimum Gasteiger partial charge on any atom is -0.361 e. The highest BCUT2D eigenvalue weighted by molar-refractivity contribution is 6.76. The van der Waals surface area contributed by atoms with Crippen LogP contribution in [0.2, 0.25) is 25.7 Å². The van der Waals surface area contributed by atoms with Gasteiger partial charge in [0.25, 0.3) is 0 Å². The number of aromatic nitrogens is 1. The molecule has 0 amide bonds. The van der Waals surface area contributed by atoms with Gasteiger partial charge in [-0.2, -0.15) is 0 Å². The predicted octanol–water partition coefficient (Wildman–Crippen LogP) is 7.72. The van der Waals surface area contributed by atoms with Crippen molar-refractivity contribution in [2.75, 3.05) is 6.61 Å². The summed E-state index contributed by atoms with van der Waals surface area (Å²) in [6.07, 6.45) is 0. The molecule has 1 aromatic heterocycles. The van der Waals surface area contributed by atoms with Crippen molar-refractivity contribution in [2.24, 2.45) is 0 Å². The van der Waals surface area contributed by atoms with Crippen molar-refractivity contribution in [3.8, 4) is 0 Å². The lowest BCUT2D eigenvalue weighted by atomic mass is 9.94. The fourth-order valence-corrected chi connectivity index (χ4v) is 5.42. The van der Waals surface area contributed by atoms with Crippen molar-refractivity contribution in [3.63, 3.8) is 0 Å². The number of ether oxygens (including phenoxy) is 1. The molecular weight excluding hydrogens is 382 g/mol. The maximum absolute atomic E-state index is 6.25. The Hall–Kier alpha value is -2.62. The summed E-state index contributed by atoms with van der Waals surface area (Å²) in [7, 11) is -1.11. The van der Waals surface area contributed by atoms with Gasteiger partial charge in [-0.25, -0.2) is 0 Å². The summed E-state index contributed by atoms with van der Waals surface area (Å²) in [6.45, 7) is 10.8. The molecule has 0 saturated heterocycles. The average molecular weight is 412 g/mol. The fraction of sp³-hybridized carbons (Fsp3) is 0.259. The van der Waals surface area contributed by atoms with Gasteiger partial charge in [0.05, 0.1) is 11.0 Å². The molecule has 5 aromatic rings. The fourth-order valence-electron chi connectivity index (χ4n) is 4.67. The van der Waals surface area contributed by atoms with Crippen LogP contribution >= 0.6 is 0 Å². The lowest BCUT2D eigenvalue weighted by Crippen LogP contribution is -2.22. The second-order valence-electron chi connectivity index (χ2n) is 9.56. The Morgan fingerprint density at radius 3 is 2.17 bits per heavy atom. The van der Waals surface area contributed by atoms with E-state index in [1.807, 2.05) is 0 Å². The molecular formula is C27H29NOSi. The van der Waals surface area contributed by atoms with Gasteiger partial charge in [0.1, 0.15) is 6.73 Å². The highest BCUT2D eigenvalue weighted by atomic mass is 28.3. The standard InChI is InChI=1S/C27H29NOSi/c1-19-10-9-14-23-25(19)20-11-5-6-12-21(20)27-26(23)22-13-7-8-15-24(22)28(27)18-29-16-17-30(2,3)4/h5-15H,16-18H2,1-4H3. The van der Waals surface area contributed by atoms with Gasteiger partial charge in [0, 0.05) is 30.8 Å². The molecule has 0 bridgehead atoms. The zero-order valence-corrected chi connectivity index (χ0v) is 19.3. The monoisotopic (exact) mass is 411 g/mol. The maximum Gasteiger partial charge on any atom is 0.123 e. The summed E-state index contributed by atoms with van der Waals surface area (Å²) < 4.78 is 8.64. The van der Waals surface area contributed by atoms with E-state index in [1.54, 1.807) is 0 Å². The van der Waals surface area contributed by atoms with Crippen LogP contribution in [0, 0.1) is 6.92 Å².